The van der Waals surface area contributed by atoms with E-state index in [2.05, 4.69) is 15.3 Å². The highest BCUT2D eigenvalue weighted by atomic mass is 19.1. The summed E-state index contributed by atoms with van der Waals surface area (Å²) in [5.74, 6) is 1.40. The molecule has 0 bridgehead atoms. The third-order valence-electron chi connectivity index (χ3n) is 3.14. The largest absolute Gasteiger partial charge is 0.451 e. The molecule has 1 aromatic heterocycles. The maximum Gasteiger partial charge on any atom is 0.165 e. The van der Waals surface area contributed by atoms with E-state index in [1.165, 1.54) is 6.07 Å². The highest BCUT2D eigenvalue weighted by Crippen LogP contribution is 2.24. The standard InChI is InChI=1S/C14H14FN3O/c15-12-3-1-2-4-13(12)19-11-8-17-14(18-9-11)10-5-6-16-7-10/h1-4,8-10,16H,5-7H2. The molecule has 0 aliphatic carbocycles. The van der Waals surface area contributed by atoms with Crippen molar-refractivity contribution in [2.24, 2.45) is 0 Å². The van der Waals surface area contributed by atoms with Crippen molar-refractivity contribution in [3.05, 3.63) is 48.3 Å². The summed E-state index contributed by atoms with van der Waals surface area (Å²) in [5.41, 5.74) is 0. The van der Waals surface area contributed by atoms with Crippen LogP contribution in [0.5, 0.6) is 11.5 Å². The third kappa shape index (κ3) is 2.71. The highest BCUT2D eigenvalue weighted by molar-refractivity contribution is 5.29. The summed E-state index contributed by atoms with van der Waals surface area (Å²) in [4.78, 5) is 8.58. The Balaban J connectivity index is 1.74. The van der Waals surface area contributed by atoms with Gasteiger partial charge in [-0.3, -0.25) is 0 Å². The lowest BCUT2D eigenvalue weighted by atomic mass is 10.1. The van der Waals surface area contributed by atoms with Crippen molar-refractivity contribution in [2.75, 3.05) is 13.1 Å². The van der Waals surface area contributed by atoms with Gasteiger partial charge in [-0.05, 0) is 25.1 Å². The molecule has 5 heteroatoms. The molecule has 1 aliphatic rings. The van der Waals surface area contributed by atoms with Crippen molar-refractivity contribution in [1.29, 1.82) is 0 Å². The van der Waals surface area contributed by atoms with Gasteiger partial charge in [0.05, 0.1) is 12.4 Å². The number of para-hydroxylation sites is 1. The van der Waals surface area contributed by atoms with Gasteiger partial charge in [-0.15, -0.1) is 0 Å². The lowest BCUT2D eigenvalue weighted by molar-refractivity contribution is 0.437. The number of nitrogens with one attached hydrogen (secondary N) is 1. The number of rotatable bonds is 3. The number of halogens is 1. The lowest BCUT2D eigenvalue weighted by Gasteiger charge is -2.08. The number of ether oxygens (including phenoxy) is 1. The van der Waals surface area contributed by atoms with E-state index in [1.807, 2.05) is 0 Å². The second-order valence-corrected chi connectivity index (χ2v) is 4.50. The second-order valence-electron chi connectivity index (χ2n) is 4.50. The molecule has 19 heavy (non-hydrogen) atoms. The van der Waals surface area contributed by atoms with Gasteiger partial charge in [-0.2, -0.15) is 0 Å². The van der Waals surface area contributed by atoms with E-state index in [0.29, 0.717) is 11.7 Å². The summed E-state index contributed by atoms with van der Waals surface area (Å²) in [6.07, 6.45) is 4.23. The molecule has 98 valence electrons. The van der Waals surface area contributed by atoms with Crippen molar-refractivity contribution in [3.8, 4) is 11.5 Å². The monoisotopic (exact) mass is 259 g/mol. The van der Waals surface area contributed by atoms with Crippen molar-refractivity contribution in [2.45, 2.75) is 12.3 Å². The lowest BCUT2D eigenvalue weighted by Crippen LogP contribution is -2.10. The van der Waals surface area contributed by atoms with Crippen LogP contribution in [0.15, 0.2) is 36.7 Å². The molecule has 1 aliphatic heterocycles. The van der Waals surface area contributed by atoms with E-state index in [-0.39, 0.29) is 5.75 Å². The summed E-state index contributed by atoms with van der Waals surface area (Å²) >= 11 is 0. The minimum absolute atomic E-state index is 0.182. The molecule has 2 heterocycles. The molecule has 0 spiro atoms. The van der Waals surface area contributed by atoms with Crippen molar-refractivity contribution < 1.29 is 9.13 Å². The Labute approximate surface area is 110 Å². The molecule has 1 aromatic carbocycles. The molecule has 1 fully saturated rings. The van der Waals surface area contributed by atoms with Gasteiger partial charge in [0.15, 0.2) is 17.3 Å². The summed E-state index contributed by atoms with van der Waals surface area (Å²) in [5, 5.41) is 3.27. The zero-order chi connectivity index (χ0) is 13.1. The van der Waals surface area contributed by atoms with Gasteiger partial charge in [0.2, 0.25) is 0 Å². The van der Waals surface area contributed by atoms with Crippen LogP contribution in [0.25, 0.3) is 0 Å². The molecule has 1 saturated heterocycles. The van der Waals surface area contributed by atoms with Gasteiger partial charge in [-0.1, -0.05) is 12.1 Å². The van der Waals surface area contributed by atoms with Gasteiger partial charge < -0.3 is 10.1 Å². The zero-order valence-electron chi connectivity index (χ0n) is 10.3. The van der Waals surface area contributed by atoms with Crippen LogP contribution in [0, 0.1) is 5.82 Å². The Morgan fingerprint density at radius 1 is 1.21 bits per heavy atom. The van der Waals surface area contributed by atoms with E-state index >= 15 is 0 Å². The molecular weight excluding hydrogens is 245 g/mol. The van der Waals surface area contributed by atoms with Gasteiger partial charge in [0, 0.05) is 12.5 Å². The van der Waals surface area contributed by atoms with Crippen molar-refractivity contribution in [3.63, 3.8) is 0 Å². The number of benzene rings is 1. The molecule has 3 rings (SSSR count). The smallest absolute Gasteiger partial charge is 0.165 e. The SMILES string of the molecule is Fc1ccccc1Oc1cnc(C2CCNC2)nc1. The average Bonchev–Trinajstić information content (AvgIpc) is 2.96. The zero-order valence-corrected chi connectivity index (χ0v) is 10.3. The van der Waals surface area contributed by atoms with Gasteiger partial charge in [0.25, 0.3) is 0 Å². The first-order valence-corrected chi connectivity index (χ1v) is 6.28. The van der Waals surface area contributed by atoms with Gasteiger partial charge in [-0.25, -0.2) is 14.4 Å². The molecule has 4 nitrogen and oxygen atoms in total. The fourth-order valence-corrected chi connectivity index (χ4v) is 2.12. The predicted molar refractivity (Wildman–Crippen MR) is 68.7 cm³/mol. The maximum atomic E-state index is 13.4. The molecule has 0 saturated carbocycles. The Bertz CT molecular complexity index is 553. The summed E-state index contributed by atoms with van der Waals surface area (Å²) in [7, 11) is 0. The first kappa shape index (κ1) is 12.0. The molecule has 1 atom stereocenters. The van der Waals surface area contributed by atoms with Crippen LogP contribution in [-0.4, -0.2) is 23.1 Å². The van der Waals surface area contributed by atoms with Crippen LogP contribution < -0.4 is 10.1 Å². The van der Waals surface area contributed by atoms with E-state index < -0.39 is 5.82 Å². The average molecular weight is 259 g/mol. The fraction of sp³-hybridized carbons (Fsp3) is 0.286. The van der Waals surface area contributed by atoms with Crippen molar-refractivity contribution >= 4 is 0 Å². The van der Waals surface area contributed by atoms with Crippen LogP contribution in [0.3, 0.4) is 0 Å². The van der Waals surface area contributed by atoms with E-state index in [9.17, 15) is 4.39 Å². The minimum Gasteiger partial charge on any atom is -0.451 e. The Morgan fingerprint density at radius 2 is 2.00 bits per heavy atom. The van der Waals surface area contributed by atoms with Crippen LogP contribution in [0.4, 0.5) is 4.39 Å². The molecule has 0 radical (unpaired) electrons. The summed E-state index contributed by atoms with van der Waals surface area (Å²) in [6.45, 7) is 1.91. The van der Waals surface area contributed by atoms with E-state index in [1.54, 1.807) is 30.6 Å². The predicted octanol–water partition coefficient (Wildman–Crippen LogP) is 2.48. The normalized spacial score (nSPS) is 18.5. The van der Waals surface area contributed by atoms with Gasteiger partial charge in [0.1, 0.15) is 5.82 Å². The first-order valence-electron chi connectivity index (χ1n) is 6.28. The van der Waals surface area contributed by atoms with Crippen LogP contribution in [0.2, 0.25) is 0 Å². The summed E-state index contributed by atoms with van der Waals surface area (Å²) in [6, 6.07) is 6.27. The fourth-order valence-electron chi connectivity index (χ4n) is 2.12. The molecule has 1 unspecified atom stereocenters. The number of nitrogens with zero attached hydrogens (tertiary/aromatic N) is 2. The Kier molecular flexibility index (Phi) is 3.37. The van der Waals surface area contributed by atoms with Crippen LogP contribution in [-0.2, 0) is 0 Å². The van der Waals surface area contributed by atoms with Crippen molar-refractivity contribution in [1.82, 2.24) is 15.3 Å². The number of hydrogen-bond acceptors (Lipinski definition) is 4. The number of aromatic nitrogens is 2. The second kappa shape index (κ2) is 5.32. The quantitative estimate of drug-likeness (QED) is 0.920. The highest BCUT2D eigenvalue weighted by Gasteiger charge is 2.19. The first-order chi connectivity index (χ1) is 9.33. The maximum absolute atomic E-state index is 13.4. The van der Waals surface area contributed by atoms with E-state index in [4.69, 9.17) is 4.74 Å². The van der Waals surface area contributed by atoms with Crippen LogP contribution >= 0.6 is 0 Å². The van der Waals surface area contributed by atoms with Gasteiger partial charge >= 0.3 is 0 Å². The Morgan fingerprint density at radius 3 is 2.68 bits per heavy atom. The summed E-state index contributed by atoms with van der Waals surface area (Å²) < 4.78 is 18.8. The van der Waals surface area contributed by atoms with E-state index in [0.717, 1.165) is 25.3 Å². The minimum atomic E-state index is -0.397. The molecule has 1 N–H and O–H groups in total. The molecule has 0 amide bonds. The number of hydrogen-bond donors (Lipinski definition) is 1. The molecular formula is C14H14FN3O. The molecule has 2 aromatic rings. The third-order valence-corrected chi connectivity index (χ3v) is 3.14. The Hall–Kier alpha value is -2.01. The van der Waals surface area contributed by atoms with Crippen LogP contribution in [0.1, 0.15) is 18.2 Å². The topological polar surface area (TPSA) is 47.0 Å².